The third kappa shape index (κ3) is 7.21. The maximum Gasteiger partial charge on any atom is 0.305 e. The fourth-order valence-electron chi connectivity index (χ4n) is 4.60. The molecule has 7 heteroatoms. The van der Waals surface area contributed by atoms with Gasteiger partial charge in [0.1, 0.15) is 0 Å². The number of nitrogens with one attached hydrogen (secondary N) is 1. The first-order valence-electron chi connectivity index (χ1n) is 13.2. The summed E-state index contributed by atoms with van der Waals surface area (Å²) in [6.07, 6.45) is 0.402. The van der Waals surface area contributed by atoms with Crippen LogP contribution in [0.5, 0.6) is 0 Å². The molecule has 3 N–H and O–H groups in total. The Morgan fingerprint density at radius 1 is 0.700 bits per heavy atom. The van der Waals surface area contributed by atoms with Gasteiger partial charge >= 0.3 is 5.97 Å². The molecule has 0 spiro atoms. The highest BCUT2D eigenvalue weighted by atomic mass is 16.4. The molecule has 0 fully saturated rings. The van der Waals surface area contributed by atoms with Crippen LogP contribution in [0.1, 0.15) is 44.3 Å². The van der Waals surface area contributed by atoms with Crippen LogP contribution in [0.3, 0.4) is 0 Å². The lowest BCUT2D eigenvalue weighted by Crippen LogP contribution is -2.35. The molecule has 0 unspecified atom stereocenters. The molecular formula is C33H32N2O5. The van der Waals surface area contributed by atoms with Crippen LogP contribution in [-0.2, 0) is 11.2 Å². The van der Waals surface area contributed by atoms with Crippen molar-refractivity contribution < 1.29 is 24.6 Å². The van der Waals surface area contributed by atoms with E-state index in [1.165, 1.54) is 0 Å². The van der Waals surface area contributed by atoms with Gasteiger partial charge in [-0.1, -0.05) is 97.1 Å². The summed E-state index contributed by atoms with van der Waals surface area (Å²) in [4.78, 5) is 40.2. The van der Waals surface area contributed by atoms with E-state index in [1.54, 1.807) is 53.4 Å². The Kier molecular flexibility index (Phi) is 9.80. The number of benzene rings is 4. The van der Waals surface area contributed by atoms with E-state index in [0.29, 0.717) is 35.2 Å². The first-order chi connectivity index (χ1) is 19.5. The fourth-order valence-corrected chi connectivity index (χ4v) is 4.60. The van der Waals surface area contributed by atoms with Crippen molar-refractivity contribution in [2.45, 2.75) is 18.9 Å². The number of hydrogen-bond acceptors (Lipinski definition) is 4. The molecular weight excluding hydrogens is 504 g/mol. The van der Waals surface area contributed by atoms with Gasteiger partial charge in [0.2, 0.25) is 0 Å². The highest BCUT2D eigenvalue weighted by molar-refractivity contribution is 6.06. The summed E-state index contributed by atoms with van der Waals surface area (Å²) in [5.74, 6) is -1.67. The van der Waals surface area contributed by atoms with Crippen LogP contribution in [0.4, 0.5) is 0 Å². The fraction of sp³-hybridized carbons (Fsp3) is 0.182. The zero-order valence-electron chi connectivity index (χ0n) is 22.1. The zero-order chi connectivity index (χ0) is 28.3. The Morgan fingerprint density at radius 3 is 1.88 bits per heavy atom. The minimum absolute atomic E-state index is 0.0622. The van der Waals surface area contributed by atoms with Crippen molar-refractivity contribution in [1.29, 1.82) is 0 Å². The number of aliphatic carboxylic acids is 1. The summed E-state index contributed by atoms with van der Waals surface area (Å²) in [5, 5.41) is 22.2. The zero-order valence-corrected chi connectivity index (χ0v) is 22.1. The highest BCUT2D eigenvalue weighted by Crippen LogP contribution is 2.29. The van der Waals surface area contributed by atoms with Crippen molar-refractivity contribution in [2.75, 3.05) is 19.7 Å². The summed E-state index contributed by atoms with van der Waals surface area (Å²) >= 11 is 0. The normalized spacial score (nSPS) is 11.4. The Bertz CT molecular complexity index is 1440. The van der Waals surface area contributed by atoms with Crippen LogP contribution in [0, 0.1) is 0 Å². The number of carboxylic acid groups (broad SMARTS) is 1. The molecule has 4 aromatic rings. The van der Waals surface area contributed by atoms with Gasteiger partial charge < -0.3 is 20.4 Å². The van der Waals surface area contributed by atoms with Crippen molar-refractivity contribution in [3.63, 3.8) is 0 Å². The molecule has 2 amide bonds. The maximum atomic E-state index is 13.9. The SMILES string of the molecule is O=C(O)CCN(CCc1ccccc1)C(=O)c1ccccc1-c1ccccc1C(=O)N[C@@H](CO)c1ccccc1. The van der Waals surface area contributed by atoms with Crippen LogP contribution < -0.4 is 5.32 Å². The summed E-state index contributed by atoms with van der Waals surface area (Å²) in [6.45, 7) is 0.140. The van der Waals surface area contributed by atoms with E-state index in [4.69, 9.17) is 0 Å². The average molecular weight is 537 g/mol. The number of carbonyl (C=O) groups is 3. The van der Waals surface area contributed by atoms with Crippen molar-refractivity contribution in [1.82, 2.24) is 10.2 Å². The molecule has 1 atom stereocenters. The van der Waals surface area contributed by atoms with Gasteiger partial charge in [-0.15, -0.1) is 0 Å². The minimum atomic E-state index is -0.982. The number of hydrogen-bond donors (Lipinski definition) is 3. The van der Waals surface area contributed by atoms with Crippen molar-refractivity contribution in [2.24, 2.45) is 0 Å². The third-order valence-electron chi connectivity index (χ3n) is 6.71. The standard InChI is InChI=1S/C33H32N2O5/c36-23-30(25-13-5-2-6-14-25)34-32(39)28-17-9-7-15-26(28)27-16-8-10-18-29(27)33(40)35(22-20-31(37)38)21-19-24-11-3-1-4-12-24/h1-18,30,36H,19-23H2,(H,34,39)(H,37,38)/t30-/m0/s1. The number of carboxylic acids is 1. The van der Waals surface area contributed by atoms with Crippen LogP contribution in [0.15, 0.2) is 109 Å². The lowest BCUT2D eigenvalue weighted by atomic mass is 9.94. The van der Waals surface area contributed by atoms with Crippen LogP contribution in [-0.4, -0.2) is 52.6 Å². The molecule has 7 nitrogen and oxygen atoms in total. The van der Waals surface area contributed by atoms with Crippen molar-refractivity contribution >= 4 is 17.8 Å². The lowest BCUT2D eigenvalue weighted by molar-refractivity contribution is -0.137. The van der Waals surface area contributed by atoms with Gasteiger partial charge in [-0.05, 0) is 40.8 Å². The molecule has 0 aliphatic rings. The highest BCUT2D eigenvalue weighted by Gasteiger charge is 2.23. The molecule has 0 saturated carbocycles. The van der Waals surface area contributed by atoms with E-state index < -0.39 is 12.0 Å². The third-order valence-corrected chi connectivity index (χ3v) is 6.71. The van der Waals surface area contributed by atoms with Crippen LogP contribution >= 0.6 is 0 Å². The monoisotopic (exact) mass is 536 g/mol. The molecule has 4 aromatic carbocycles. The number of nitrogens with zero attached hydrogens (tertiary/aromatic N) is 1. The molecule has 4 rings (SSSR count). The Balaban J connectivity index is 1.64. The quantitative estimate of drug-likeness (QED) is 0.237. The molecule has 0 aliphatic heterocycles. The number of carbonyl (C=O) groups excluding carboxylic acids is 2. The van der Waals surface area contributed by atoms with Gasteiger partial charge in [0.15, 0.2) is 0 Å². The summed E-state index contributed by atoms with van der Waals surface area (Å²) in [6, 6.07) is 32.4. The predicted molar refractivity (Wildman–Crippen MR) is 154 cm³/mol. The maximum absolute atomic E-state index is 13.9. The average Bonchev–Trinajstić information content (AvgIpc) is 3.00. The first-order valence-corrected chi connectivity index (χ1v) is 13.2. The van der Waals surface area contributed by atoms with Gasteiger partial charge in [-0.2, -0.15) is 0 Å². The van der Waals surface area contributed by atoms with Gasteiger partial charge in [-0.3, -0.25) is 14.4 Å². The van der Waals surface area contributed by atoms with E-state index in [0.717, 1.165) is 11.1 Å². The number of aliphatic hydroxyl groups excluding tert-OH is 1. The number of rotatable bonds is 12. The Morgan fingerprint density at radius 2 is 1.25 bits per heavy atom. The van der Waals surface area contributed by atoms with Crippen LogP contribution in [0.2, 0.25) is 0 Å². The van der Waals surface area contributed by atoms with E-state index in [9.17, 15) is 24.6 Å². The molecule has 0 saturated heterocycles. The molecule has 40 heavy (non-hydrogen) atoms. The van der Waals surface area contributed by atoms with Gasteiger partial charge in [0.05, 0.1) is 19.1 Å². The Labute approximate surface area is 233 Å². The first kappa shape index (κ1) is 28.3. The number of aliphatic hydroxyl groups is 1. The summed E-state index contributed by atoms with van der Waals surface area (Å²) in [7, 11) is 0. The van der Waals surface area contributed by atoms with Gasteiger partial charge in [-0.25, -0.2) is 0 Å². The van der Waals surface area contributed by atoms with E-state index in [-0.39, 0.29) is 31.4 Å². The summed E-state index contributed by atoms with van der Waals surface area (Å²) in [5.41, 5.74) is 3.69. The van der Waals surface area contributed by atoms with E-state index >= 15 is 0 Å². The molecule has 0 radical (unpaired) electrons. The minimum Gasteiger partial charge on any atom is -0.481 e. The van der Waals surface area contributed by atoms with Crippen molar-refractivity contribution in [3.05, 3.63) is 131 Å². The molecule has 0 aliphatic carbocycles. The Hall–Kier alpha value is -4.75. The smallest absolute Gasteiger partial charge is 0.305 e. The van der Waals surface area contributed by atoms with Gasteiger partial charge in [0.25, 0.3) is 11.8 Å². The topological polar surface area (TPSA) is 107 Å². The second kappa shape index (κ2) is 13.9. The van der Waals surface area contributed by atoms with Crippen molar-refractivity contribution in [3.8, 4) is 11.1 Å². The summed E-state index contributed by atoms with van der Waals surface area (Å²) < 4.78 is 0. The van der Waals surface area contributed by atoms with Gasteiger partial charge in [0, 0.05) is 24.2 Å². The van der Waals surface area contributed by atoms with E-state index in [2.05, 4.69) is 5.32 Å². The molecule has 0 bridgehead atoms. The van der Waals surface area contributed by atoms with Crippen LogP contribution in [0.25, 0.3) is 11.1 Å². The molecule has 0 aromatic heterocycles. The van der Waals surface area contributed by atoms with E-state index in [1.807, 2.05) is 60.7 Å². The largest absolute Gasteiger partial charge is 0.481 e. The molecule has 0 heterocycles. The molecule has 204 valence electrons. The lowest BCUT2D eigenvalue weighted by Gasteiger charge is -2.24. The second-order valence-electron chi connectivity index (χ2n) is 9.38. The predicted octanol–water partition coefficient (Wildman–Crippen LogP) is 4.98. The number of amides is 2. The second-order valence-corrected chi connectivity index (χ2v) is 9.38.